The van der Waals surface area contributed by atoms with Crippen molar-refractivity contribution in [3.8, 4) is 0 Å². The van der Waals surface area contributed by atoms with E-state index in [1.165, 1.54) is 0 Å². The minimum atomic E-state index is 0. The monoisotopic (exact) mass is 310 g/mol. The number of carbonyl (C=O) groups excluding carboxylic acids is 2. The Labute approximate surface area is 120 Å². The topological polar surface area (TPSA) is 34.1 Å². The van der Waals surface area contributed by atoms with Crippen molar-refractivity contribution < 1.29 is 75.0 Å². The van der Waals surface area contributed by atoms with E-state index in [-0.39, 0.29) is 72.8 Å². The van der Waals surface area contributed by atoms with Crippen LogP contribution in [0.3, 0.4) is 0 Å². The first-order valence-electron chi connectivity index (χ1n) is 2.70. The Morgan fingerprint density at radius 1 is 0.909 bits per heavy atom. The number of rotatable bonds is 2. The van der Waals surface area contributed by atoms with Gasteiger partial charge in [-0.25, -0.2) is 0 Å². The summed E-state index contributed by atoms with van der Waals surface area (Å²) in [5.74, 6) is 0. The summed E-state index contributed by atoms with van der Waals surface area (Å²) >= 11 is 0. The fraction of sp³-hybridized carbons (Fsp3) is 0.714. The van der Waals surface area contributed by atoms with Gasteiger partial charge in [-0.2, -0.15) is 0 Å². The first-order chi connectivity index (χ1) is 3.83. The van der Waals surface area contributed by atoms with E-state index in [2.05, 4.69) is 0 Å². The van der Waals surface area contributed by atoms with Crippen molar-refractivity contribution in [3.05, 3.63) is 0 Å². The molecule has 0 bridgehead atoms. The van der Waals surface area contributed by atoms with Crippen LogP contribution in [0.2, 0.25) is 0 Å². The van der Waals surface area contributed by atoms with E-state index in [1.54, 1.807) is 0 Å². The van der Waals surface area contributed by atoms with Crippen molar-refractivity contribution in [2.24, 2.45) is 0 Å². The molecule has 11 heavy (non-hydrogen) atoms. The van der Waals surface area contributed by atoms with Crippen molar-refractivity contribution in [2.45, 2.75) is 34.1 Å². The molecule has 0 fully saturated rings. The Kier molecular flexibility index (Phi) is 111. The van der Waals surface area contributed by atoms with Gasteiger partial charge in [0, 0.05) is 78.3 Å². The molecule has 0 spiro atoms. The van der Waals surface area contributed by atoms with Crippen molar-refractivity contribution >= 4 is 12.6 Å². The molecule has 62 valence electrons. The van der Waals surface area contributed by atoms with Gasteiger partial charge in [-0.15, -0.1) is 0 Å². The Bertz CT molecular complexity index is 50.4. The summed E-state index contributed by atoms with van der Waals surface area (Å²) in [5.41, 5.74) is 0. The molecular weight excluding hydrogens is 294 g/mol. The van der Waals surface area contributed by atoms with Crippen molar-refractivity contribution in [1.29, 1.82) is 0 Å². The minimum Gasteiger partial charge on any atom is -0.303 e. The molecule has 0 aliphatic heterocycles. The van der Waals surface area contributed by atoms with Gasteiger partial charge in [-0.05, 0) is 0 Å². The predicted octanol–water partition coefficient (Wildman–Crippen LogP) is 1.82. The van der Waals surface area contributed by atoms with Gasteiger partial charge in [0.15, 0.2) is 0 Å². The second-order valence-corrected chi connectivity index (χ2v) is 1.15. The predicted molar refractivity (Wildman–Crippen MR) is 39.4 cm³/mol. The van der Waals surface area contributed by atoms with Gasteiger partial charge in [0.2, 0.25) is 0 Å². The zero-order chi connectivity index (χ0) is 6.83. The third-order valence-electron chi connectivity index (χ3n) is 0.333. The van der Waals surface area contributed by atoms with Crippen molar-refractivity contribution in [3.63, 3.8) is 0 Å². The van der Waals surface area contributed by atoms with Gasteiger partial charge >= 0.3 is 0 Å². The Hall–Kier alpha value is 1.55. The van der Waals surface area contributed by atoms with Crippen LogP contribution < -0.4 is 0 Å². The summed E-state index contributed by atoms with van der Waals surface area (Å²) in [7, 11) is 0. The molecule has 0 saturated heterocycles. The van der Waals surface area contributed by atoms with E-state index < -0.39 is 0 Å². The average Bonchev–Trinajstić information content (AvgIpc) is 1.88. The Morgan fingerprint density at radius 3 is 1.00 bits per heavy atom. The summed E-state index contributed by atoms with van der Waals surface area (Å²) in [6.45, 7) is 3.62. The van der Waals surface area contributed by atoms with E-state index in [9.17, 15) is 9.59 Å². The molecule has 0 N–H and O–H groups in total. The summed E-state index contributed by atoms with van der Waals surface area (Å²) < 4.78 is 0. The second kappa shape index (κ2) is 41.7. The van der Waals surface area contributed by atoms with Gasteiger partial charge in [-0.3, -0.25) is 0 Å². The number of carbonyl (C=O) groups is 2. The van der Waals surface area contributed by atoms with Crippen LogP contribution in [0.15, 0.2) is 0 Å². The molecule has 0 amide bonds. The molecule has 2 radical (unpaired) electrons. The number of hydrogen-bond acceptors (Lipinski definition) is 2. The quantitative estimate of drug-likeness (QED) is 0.729. The van der Waals surface area contributed by atoms with E-state index in [0.29, 0.717) is 12.8 Å². The van der Waals surface area contributed by atoms with Crippen LogP contribution in [0, 0.1) is 0 Å². The molecule has 0 rings (SSSR count). The van der Waals surface area contributed by atoms with Crippen molar-refractivity contribution in [2.75, 3.05) is 0 Å². The van der Waals surface area contributed by atoms with Gasteiger partial charge in [-0.1, -0.05) is 21.3 Å². The zero-order valence-corrected chi connectivity index (χ0v) is 12.2. The van der Waals surface area contributed by atoms with Crippen LogP contribution in [-0.2, 0) is 75.0 Å². The first-order valence-corrected chi connectivity index (χ1v) is 2.70. The minimum absolute atomic E-state index is 0. The van der Waals surface area contributed by atoms with Gasteiger partial charge in [0.05, 0.1) is 0 Å². The van der Waals surface area contributed by atoms with Crippen LogP contribution in [0.25, 0.3) is 0 Å². The smallest absolute Gasteiger partial charge is 0.119 e. The fourth-order valence-corrected chi connectivity index (χ4v) is 0. The van der Waals surface area contributed by atoms with Gasteiger partial charge in [0.25, 0.3) is 0 Å². The summed E-state index contributed by atoms with van der Waals surface area (Å²) in [6, 6.07) is 0. The standard InChI is InChI=1S/2C3H6O.CH4.2Y/c2*1-2-3-4;;;/h2*3H,2H2,1H3;1H4;;. The first kappa shape index (κ1) is 29.4. The van der Waals surface area contributed by atoms with E-state index in [0.717, 1.165) is 12.6 Å². The van der Waals surface area contributed by atoms with Crippen LogP contribution in [-0.4, -0.2) is 12.6 Å². The summed E-state index contributed by atoms with van der Waals surface area (Å²) in [6.07, 6.45) is 3.03. The average molecular weight is 310 g/mol. The molecule has 0 atom stereocenters. The summed E-state index contributed by atoms with van der Waals surface area (Å²) in [4.78, 5) is 18.3. The van der Waals surface area contributed by atoms with Crippen LogP contribution in [0.1, 0.15) is 34.1 Å². The second-order valence-electron chi connectivity index (χ2n) is 1.15. The maximum Gasteiger partial charge on any atom is 0.119 e. The molecule has 4 heteroatoms. The molecular formula is C7H16O2Y2. The van der Waals surface area contributed by atoms with E-state index in [1.807, 2.05) is 13.8 Å². The number of hydrogen-bond donors (Lipinski definition) is 0. The largest absolute Gasteiger partial charge is 0.303 e. The molecule has 0 heterocycles. The van der Waals surface area contributed by atoms with Crippen molar-refractivity contribution in [1.82, 2.24) is 0 Å². The third-order valence-corrected chi connectivity index (χ3v) is 0.333. The zero-order valence-electron chi connectivity index (χ0n) is 6.54. The molecule has 0 unspecified atom stereocenters. The maximum atomic E-state index is 9.17. The SMILES string of the molecule is C.CCC=O.CCC=O.[Y].[Y]. The van der Waals surface area contributed by atoms with Crippen LogP contribution in [0.4, 0.5) is 0 Å². The fourth-order valence-electron chi connectivity index (χ4n) is 0. The number of aldehydes is 2. The molecule has 0 aromatic rings. The van der Waals surface area contributed by atoms with E-state index >= 15 is 0 Å². The molecule has 0 aliphatic carbocycles. The Balaban J connectivity index is -0.0000000171. The normalized spacial score (nSPS) is 4.55. The van der Waals surface area contributed by atoms with Crippen LogP contribution >= 0.6 is 0 Å². The third kappa shape index (κ3) is 83.6. The van der Waals surface area contributed by atoms with Gasteiger partial charge < -0.3 is 9.59 Å². The molecule has 2 nitrogen and oxygen atoms in total. The molecule has 0 saturated carbocycles. The maximum absolute atomic E-state index is 9.17. The van der Waals surface area contributed by atoms with Crippen LogP contribution in [0.5, 0.6) is 0 Å². The molecule has 0 aromatic carbocycles. The Morgan fingerprint density at radius 2 is 1.00 bits per heavy atom. The molecule has 0 aliphatic rings. The molecule has 0 aromatic heterocycles. The van der Waals surface area contributed by atoms with E-state index in [4.69, 9.17) is 0 Å². The van der Waals surface area contributed by atoms with Gasteiger partial charge in [0.1, 0.15) is 12.6 Å². The summed E-state index contributed by atoms with van der Waals surface area (Å²) in [5, 5.41) is 0.